The Hall–Kier alpha value is -1.19. The maximum absolute atomic E-state index is 4.23. The zero-order valence-corrected chi connectivity index (χ0v) is 14.6. The molecule has 2 rings (SSSR count). The molecule has 1 aromatic heterocycles. The van der Waals surface area contributed by atoms with Crippen LogP contribution in [0.25, 0.3) is 0 Å². The van der Waals surface area contributed by atoms with Gasteiger partial charge in [0.15, 0.2) is 0 Å². The second-order valence-corrected chi connectivity index (χ2v) is 6.33. The molecule has 1 heterocycles. The topological polar surface area (TPSA) is 24.9 Å². The smallest absolute Gasteiger partial charge is 0.0361 e. The highest BCUT2D eigenvalue weighted by Gasteiger charge is 2.14. The number of hydrogen-bond acceptors (Lipinski definition) is 2. The lowest BCUT2D eigenvalue weighted by atomic mass is 9.96. The van der Waals surface area contributed by atoms with Crippen LogP contribution in [-0.4, -0.2) is 11.5 Å². The minimum atomic E-state index is 0.333. The van der Waals surface area contributed by atoms with Crippen LogP contribution in [0.2, 0.25) is 0 Å². The maximum atomic E-state index is 4.23. The lowest BCUT2D eigenvalue weighted by Gasteiger charge is -2.21. The molecule has 0 aliphatic rings. The second kappa shape index (κ2) is 7.71. The van der Waals surface area contributed by atoms with Gasteiger partial charge in [0.1, 0.15) is 0 Å². The van der Waals surface area contributed by atoms with Crippen molar-refractivity contribution in [1.29, 1.82) is 0 Å². The number of nitrogens with zero attached hydrogens (tertiary/aromatic N) is 1. The molecule has 3 heteroatoms. The molecule has 0 fully saturated rings. The number of pyridine rings is 1. The Morgan fingerprint density at radius 3 is 2.52 bits per heavy atom. The fraction of sp³-hybridized carbons (Fsp3) is 0.389. The quantitative estimate of drug-likeness (QED) is 0.816. The fourth-order valence-corrected chi connectivity index (χ4v) is 2.79. The monoisotopic (exact) mass is 346 g/mol. The Kier molecular flexibility index (Phi) is 5.95. The first-order valence-electron chi connectivity index (χ1n) is 7.50. The van der Waals surface area contributed by atoms with E-state index in [0.29, 0.717) is 6.04 Å². The van der Waals surface area contributed by atoms with Gasteiger partial charge in [-0.2, -0.15) is 0 Å². The number of benzene rings is 1. The summed E-state index contributed by atoms with van der Waals surface area (Å²) in [5.74, 6) is 0. The molecule has 0 radical (unpaired) electrons. The normalized spacial score (nSPS) is 12.4. The van der Waals surface area contributed by atoms with E-state index in [1.54, 1.807) is 0 Å². The number of aromatic nitrogens is 1. The van der Waals surface area contributed by atoms with Gasteiger partial charge in [0.05, 0.1) is 0 Å². The van der Waals surface area contributed by atoms with Crippen molar-refractivity contribution >= 4 is 15.9 Å². The first-order valence-corrected chi connectivity index (χ1v) is 8.30. The van der Waals surface area contributed by atoms with E-state index >= 15 is 0 Å². The van der Waals surface area contributed by atoms with Gasteiger partial charge in [0.25, 0.3) is 0 Å². The van der Waals surface area contributed by atoms with Gasteiger partial charge in [0, 0.05) is 22.9 Å². The van der Waals surface area contributed by atoms with E-state index in [-0.39, 0.29) is 0 Å². The average molecular weight is 347 g/mol. The number of halogens is 1. The van der Waals surface area contributed by atoms with Crippen molar-refractivity contribution in [1.82, 2.24) is 10.3 Å². The summed E-state index contributed by atoms with van der Waals surface area (Å²) >= 11 is 3.65. The van der Waals surface area contributed by atoms with Crippen molar-refractivity contribution in [2.75, 3.05) is 6.54 Å². The maximum Gasteiger partial charge on any atom is 0.0361 e. The van der Waals surface area contributed by atoms with E-state index in [1.165, 1.54) is 26.7 Å². The third kappa shape index (κ3) is 4.39. The van der Waals surface area contributed by atoms with Crippen LogP contribution in [0.15, 0.2) is 41.1 Å². The summed E-state index contributed by atoms with van der Waals surface area (Å²) in [6, 6.07) is 9.04. The van der Waals surface area contributed by atoms with E-state index < -0.39 is 0 Å². The second-order valence-electron chi connectivity index (χ2n) is 5.54. The van der Waals surface area contributed by atoms with Crippen molar-refractivity contribution in [2.24, 2.45) is 0 Å². The van der Waals surface area contributed by atoms with E-state index in [0.717, 1.165) is 19.4 Å². The average Bonchev–Trinajstić information content (AvgIpc) is 2.49. The van der Waals surface area contributed by atoms with E-state index in [1.807, 2.05) is 18.5 Å². The van der Waals surface area contributed by atoms with Crippen molar-refractivity contribution < 1.29 is 0 Å². The molecule has 0 bridgehead atoms. The number of rotatable bonds is 6. The molecule has 2 nitrogen and oxygen atoms in total. The molecule has 112 valence electrons. The van der Waals surface area contributed by atoms with E-state index in [4.69, 9.17) is 0 Å². The van der Waals surface area contributed by atoms with Gasteiger partial charge in [-0.1, -0.05) is 41.1 Å². The van der Waals surface area contributed by atoms with Crippen LogP contribution in [0.5, 0.6) is 0 Å². The van der Waals surface area contributed by atoms with Gasteiger partial charge >= 0.3 is 0 Å². The molecule has 2 aromatic rings. The fourth-order valence-electron chi connectivity index (χ4n) is 2.56. The lowest BCUT2D eigenvalue weighted by molar-refractivity contribution is 0.528. The Morgan fingerprint density at radius 1 is 1.24 bits per heavy atom. The predicted octanol–water partition coefficient (Wildman–Crippen LogP) is 4.74. The first kappa shape index (κ1) is 16.2. The highest BCUT2D eigenvalue weighted by atomic mass is 79.9. The Bertz CT molecular complexity index is 558. The summed E-state index contributed by atoms with van der Waals surface area (Å²) in [6.07, 6.45) is 5.89. The Labute approximate surface area is 136 Å². The molecule has 21 heavy (non-hydrogen) atoms. The Morgan fingerprint density at radius 2 is 1.95 bits per heavy atom. The molecule has 0 aliphatic carbocycles. The van der Waals surface area contributed by atoms with E-state index in [9.17, 15) is 0 Å². The SMILES string of the molecule is CCCNC(Cc1cccnc1)c1cc(C)c(Br)c(C)c1. The van der Waals surface area contributed by atoms with Crippen molar-refractivity contribution in [3.05, 3.63) is 63.4 Å². The summed E-state index contributed by atoms with van der Waals surface area (Å²) in [5, 5.41) is 3.67. The largest absolute Gasteiger partial charge is 0.310 e. The van der Waals surface area contributed by atoms with Gasteiger partial charge in [-0.3, -0.25) is 4.98 Å². The molecule has 1 N–H and O–H groups in total. The number of aryl methyl sites for hydroxylation is 2. The molecule has 0 saturated heterocycles. The van der Waals surface area contributed by atoms with E-state index in [2.05, 4.69) is 65.2 Å². The third-order valence-electron chi connectivity index (χ3n) is 3.66. The van der Waals surface area contributed by atoms with Crippen LogP contribution >= 0.6 is 15.9 Å². The lowest BCUT2D eigenvalue weighted by Crippen LogP contribution is -2.24. The number of hydrogen-bond donors (Lipinski definition) is 1. The molecule has 1 unspecified atom stereocenters. The zero-order chi connectivity index (χ0) is 15.2. The molecule has 0 saturated carbocycles. The summed E-state index contributed by atoms with van der Waals surface area (Å²) < 4.78 is 1.21. The molecule has 1 aromatic carbocycles. The predicted molar refractivity (Wildman–Crippen MR) is 92.6 cm³/mol. The van der Waals surface area contributed by atoms with Crippen molar-refractivity contribution in [2.45, 2.75) is 39.7 Å². The van der Waals surface area contributed by atoms with Crippen LogP contribution in [0, 0.1) is 13.8 Å². The van der Waals surface area contributed by atoms with Crippen LogP contribution in [-0.2, 0) is 6.42 Å². The molecular formula is C18H23BrN2. The summed E-state index contributed by atoms with van der Waals surface area (Å²) in [6.45, 7) is 7.54. The zero-order valence-electron chi connectivity index (χ0n) is 13.0. The van der Waals surface area contributed by atoms with Gasteiger partial charge < -0.3 is 5.32 Å². The Balaban J connectivity index is 2.27. The molecule has 0 spiro atoms. The molecule has 0 aliphatic heterocycles. The van der Waals surface area contributed by atoms with Crippen molar-refractivity contribution in [3.8, 4) is 0 Å². The summed E-state index contributed by atoms with van der Waals surface area (Å²) in [5.41, 5.74) is 5.20. The van der Waals surface area contributed by atoms with Crippen LogP contribution in [0.1, 0.15) is 41.6 Å². The summed E-state index contributed by atoms with van der Waals surface area (Å²) in [7, 11) is 0. The van der Waals surface area contributed by atoms with Gasteiger partial charge in [-0.05, 0) is 61.6 Å². The highest BCUT2D eigenvalue weighted by molar-refractivity contribution is 9.10. The van der Waals surface area contributed by atoms with Gasteiger partial charge in [-0.25, -0.2) is 0 Å². The van der Waals surface area contributed by atoms with Gasteiger partial charge in [-0.15, -0.1) is 0 Å². The van der Waals surface area contributed by atoms with Crippen molar-refractivity contribution in [3.63, 3.8) is 0 Å². The summed E-state index contributed by atoms with van der Waals surface area (Å²) in [4.78, 5) is 4.23. The highest BCUT2D eigenvalue weighted by Crippen LogP contribution is 2.27. The van der Waals surface area contributed by atoms with Gasteiger partial charge in [0.2, 0.25) is 0 Å². The van der Waals surface area contributed by atoms with Crippen LogP contribution in [0.4, 0.5) is 0 Å². The minimum absolute atomic E-state index is 0.333. The molecular weight excluding hydrogens is 324 g/mol. The van der Waals surface area contributed by atoms with Crippen LogP contribution < -0.4 is 5.32 Å². The third-order valence-corrected chi connectivity index (χ3v) is 4.92. The number of nitrogens with one attached hydrogen (secondary N) is 1. The van der Waals surface area contributed by atoms with Crippen LogP contribution in [0.3, 0.4) is 0 Å². The standard InChI is InChI=1S/C18H23BrN2/c1-4-7-21-17(11-15-6-5-8-20-12-15)16-9-13(2)18(19)14(3)10-16/h5-6,8-10,12,17,21H,4,7,11H2,1-3H3. The molecule has 0 amide bonds. The molecule has 1 atom stereocenters. The minimum Gasteiger partial charge on any atom is -0.310 e. The first-order chi connectivity index (χ1) is 10.1.